The average molecular weight is 197 g/mol. The SMILES string of the molecule is COc1cccc(CNC(=O)[S-])n1. The minimum absolute atomic E-state index is 0.333. The number of aromatic nitrogens is 1. The molecule has 0 aliphatic carbocycles. The van der Waals surface area contributed by atoms with Gasteiger partial charge >= 0.3 is 0 Å². The number of rotatable bonds is 3. The van der Waals surface area contributed by atoms with Crippen LogP contribution in [0.2, 0.25) is 0 Å². The summed E-state index contributed by atoms with van der Waals surface area (Å²) in [5.41, 5.74) is 0.720. The highest BCUT2D eigenvalue weighted by Crippen LogP contribution is 2.05. The molecule has 0 aliphatic rings. The van der Waals surface area contributed by atoms with Crippen LogP contribution in [0.15, 0.2) is 18.2 Å². The lowest BCUT2D eigenvalue weighted by atomic mass is 10.3. The zero-order valence-corrected chi connectivity index (χ0v) is 7.93. The molecule has 0 radical (unpaired) electrons. The minimum Gasteiger partial charge on any atom is -0.719 e. The Labute approximate surface area is 81.7 Å². The van der Waals surface area contributed by atoms with Crippen LogP contribution in [-0.4, -0.2) is 17.3 Å². The van der Waals surface area contributed by atoms with Crippen LogP contribution in [-0.2, 0) is 19.2 Å². The third-order valence-electron chi connectivity index (χ3n) is 1.40. The fourth-order valence-corrected chi connectivity index (χ4v) is 0.905. The normalized spacial score (nSPS) is 9.31. The summed E-state index contributed by atoms with van der Waals surface area (Å²) in [5, 5.41) is 1.99. The Morgan fingerprint density at radius 3 is 3.08 bits per heavy atom. The van der Waals surface area contributed by atoms with E-state index in [1.54, 1.807) is 18.2 Å². The van der Waals surface area contributed by atoms with Gasteiger partial charge in [0, 0.05) is 6.07 Å². The van der Waals surface area contributed by atoms with Crippen LogP contribution in [0.25, 0.3) is 0 Å². The summed E-state index contributed by atoms with van der Waals surface area (Å²) in [5.74, 6) is 0.524. The fourth-order valence-electron chi connectivity index (χ4n) is 0.832. The molecule has 1 amide bonds. The molecule has 0 fully saturated rings. The van der Waals surface area contributed by atoms with Crippen molar-refractivity contribution in [1.82, 2.24) is 10.3 Å². The molecule has 0 aliphatic heterocycles. The first-order chi connectivity index (χ1) is 6.22. The van der Waals surface area contributed by atoms with Crippen molar-refractivity contribution in [3.05, 3.63) is 23.9 Å². The Balaban J connectivity index is 2.61. The second-order valence-corrected chi connectivity index (χ2v) is 2.68. The molecule has 5 heteroatoms. The van der Waals surface area contributed by atoms with Crippen molar-refractivity contribution in [2.75, 3.05) is 7.11 Å². The number of carbonyl (C=O) groups excluding carboxylic acids is 1. The van der Waals surface area contributed by atoms with Gasteiger partial charge in [-0.25, -0.2) is 4.98 Å². The van der Waals surface area contributed by atoms with E-state index in [1.165, 1.54) is 7.11 Å². The minimum atomic E-state index is -0.482. The van der Waals surface area contributed by atoms with E-state index in [0.29, 0.717) is 12.4 Å². The number of hydrogen-bond acceptors (Lipinski definition) is 4. The Morgan fingerprint density at radius 2 is 2.46 bits per heavy atom. The van der Waals surface area contributed by atoms with Gasteiger partial charge in [-0.1, -0.05) is 6.07 Å². The Kier molecular flexibility index (Phi) is 3.45. The third-order valence-corrected chi connectivity index (χ3v) is 1.55. The van der Waals surface area contributed by atoms with Gasteiger partial charge in [0.2, 0.25) is 5.88 Å². The van der Waals surface area contributed by atoms with Gasteiger partial charge in [0.25, 0.3) is 0 Å². The molecule has 13 heavy (non-hydrogen) atoms. The number of hydrogen-bond donors (Lipinski definition) is 1. The lowest BCUT2D eigenvalue weighted by Gasteiger charge is -2.07. The van der Waals surface area contributed by atoms with Gasteiger partial charge in [-0.05, 0) is 6.07 Å². The van der Waals surface area contributed by atoms with Gasteiger partial charge in [-0.2, -0.15) is 0 Å². The van der Waals surface area contributed by atoms with Gasteiger partial charge in [0.15, 0.2) is 0 Å². The monoisotopic (exact) mass is 197 g/mol. The smallest absolute Gasteiger partial charge is 0.213 e. The van der Waals surface area contributed by atoms with Gasteiger partial charge in [0.1, 0.15) is 0 Å². The fraction of sp³-hybridized carbons (Fsp3) is 0.250. The highest BCUT2D eigenvalue weighted by atomic mass is 32.1. The molecule has 1 rings (SSSR count). The van der Waals surface area contributed by atoms with Crippen molar-refractivity contribution >= 4 is 17.9 Å². The number of nitrogens with zero attached hydrogens (tertiary/aromatic N) is 1. The largest absolute Gasteiger partial charge is 0.719 e. The molecule has 0 aromatic carbocycles. The molecule has 1 heterocycles. The highest BCUT2D eigenvalue weighted by Gasteiger charge is 1.95. The predicted octanol–water partition coefficient (Wildman–Crippen LogP) is 0.847. The first kappa shape index (κ1) is 9.73. The van der Waals surface area contributed by atoms with Crippen LogP contribution >= 0.6 is 0 Å². The van der Waals surface area contributed by atoms with E-state index in [1.807, 2.05) is 0 Å². The molecule has 70 valence electrons. The summed E-state index contributed by atoms with van der Waals surface area (Å²) in [4.78, 5) is 14.5. The van der Waals surface area contributed by atoms with E-state index < -0.39 is 5.24 Å². The molecule has 0 unspecified atom stereocenters. The van der Waals surface area contributed by atoms with Crippen molar-refractivity contribution in [1.29, 1.82) is 0 Å². The molecular weight excluding hydrogens is 188 g/mol. The molecule has 0 spiro atoms. The van der Waals surface area contributed by atoms with E-state index >= 15 is 0 Å². The number of amides is 1. The van der Waals surface area contributed by atoms with Crippen LogP contribution in [0.3, 0.4) is 0 Å². The third kappa shape index (κ3) is 3.25. The molecule has 1 aromatic rings. The zero-order valence-electron chi connectivity index (χ0n) is 7.11. The zero-order chi connectivity index (χ0) is 9.68. The number of methoxy groups -OCH3 is 1. The molecular formula is C8H9N2O2S-. The standard InChI is InChI=1S/C8H10N2O2S/c1-12-7-4-2-3-6(10-7)5-9-8(11)13/h2-4H,5H2,1H3,(H2,9,11,13)/p-1. The molecule has 0 bridgehead atoms. The van der Waals surface area contributed by atoms with Crippen molar-refractivity contribution in [3.63, 3.8) is 0 Å². The quantitative estimate of drug-likeness (QED) is 0.730. The van der Waals surface area contributed by atoms with Crippen LogP contribution in [0.4, 0.5) is 4.79 Å². The van der Waals surface area contributed by atoms with Crippen molar-refractivity contribution in [3.8, 4) is 5.88 Å². The van der Waals surface area contributed by atoms with Crippen LogP contribution < -0.4 is 10.1 Å². The molecule has 1 aromatic heterocycles. The number of nitrogens with one attached hydrogen (secondary N) is 1. The molecule has 0 saturated carbocycles. The van der Waals surface area contributed by atoms with Crippen molar-refractivity contribution in [2.24, 2.45) is 0 Å². The lowest BCUT2D eigenvalue weighted by molar-refractivity contribution is 0.260. The maximum absolute atomic E-state index is 10.4. The molecule has 0 saturated heterocycles. The number of pyridine rings is 1. The number of ether oxygens (including phenoxy) is 1. The summed E-state index contributed by atoms with van der Waals surface area (Å²) in [7, 11) is 1.54. The van der Waals surface area contributed by atoms with Crippen molar-refractivity contribution < 1.29 is 9.53 Å². The molecule has 4 nitrogen and oxygen atoms in total. The Bertz CT molecular complexity index is 304. The second kappa shape index (κ2) is 4.61. The molecule has 1 N–H and O–H groups in total. The summed E-state index contributed by atoms with van der Waals surface area (Å²) in [6.07, 6.45) is 0. The van der Waals surface area contributed by atoms with E-state index in [2.05, 4.69) is 22.9 Å². The Hall–Kier alpha value is -1.36. The van der Waals surface area contributed by atoms with E-state index in [9.17, 15) is 4.79 Å². The first-order valence-corrected chi connectivity index (χ1v) is 4.08. The van der Waals surface area contributed by atoms with E-state index in [0.717, 1.165) is 5.69 Å². The summed E-state index contributed by atoms with van der Waals surface area (Å²) >= 11 is 4.33. The summed E-state index contributed by atoms with van der Waals surface area (Å²) < 4.78 is 4.91. The van der Waals surface area contributed by atoms with E-state index in [-0.39, 0.29) is 0 Å². The van der Waals surface area contributed by atoms with Crippen LogP contribution in [0.5, 0.6) is 5.88 Å². The van der Waals surface area contributed by atoms with Gasteiger partial charge in [-0.15, -0.1) is 0 Å². The maximum atomic E-state index is 10.4. The van der Waals surface area contributed by atoms with Crippen molar-refractivity contribution in [2.45, 2.75) is 6.54 Å². The lowest BCUT2D eigenvalue weighted by Crippen LogP contribution is -2.18. The maximum Gasteiger partial charge on any atom is 0.213 e. The average Bonchev–Trinajstić information content (AvgIpc) is 2.15. The second-order valence-electron chi connectivity index (χ2n) is 2.31. The first-order valence-electron chi connectivity index (χ1n) is 3.67. The van der Waals surface area contributed by atoms with Gasteiger partial charge in [0.05, 0.1) is 24.6 Å². The van der Waals surface area contributed by atoms with Crippen LogP contribution in [0, 0.1) is 0 Å². The predicted molar refractivity (Wildman–Crippen MR) is 50.4 cm³/mol. The highest BCUT2D eigenvalue weighted by molar-refractivity contribution is 7.76. The van der Waals surface area contributed by atoms with Crippen LogP contribution in [0.1, 0.15) is 5.69 Å². The van der Waals surface area contributed by atoms with E-state index in [4.69, 9.17) is 4.74 Å². The number of carbonyl (C=O) groups is 1. The summed E-state index contributed by atoms with van der Waals surface area (Å²) in [6.45, 7) is 0.333. The Morgan fingerprint density at radius 1 is 1.69 bits per heavy atom. The topological polar surface area (TPSA) is 51.2 Å². The summed E-state index contributed by atoms with van der Waals surface area (Å²) in [6, 6.07) is 5.32. The van der Waals surface area contributed by atoms with Gasteiger partial charge in [-0.3, -0.25) is 0 Å². The van der Waals surface area contributed by atoms with Gasteiger partial charge < -0.3 is 27.5 Å². The molecule has 0 atom stereocenters.